The van der Waals surface area contributed by atoms with Gasteiger partial charge in [0.2, 0.25) is 0 Å². The molecule has 5 heteroatoms. The first-order valence-electron chi connectivity index (χ1n) is 6.83. The number of carbonyl (C=O) groups is 2. The molecule has 0 aliphatic carbocycles. The molecule has 4 nitrogen and oxygen atoms in total. The van der Waals surface area contributed by atoms with Gasteiger partial charge in [0.25, 0.3) is 0 Å². The van der Waals surface area contributed by atoms with Crippen LogP contribution in [0.3, 0.4) is 0 Å². The normalized spacial score (nSPS) is 12.8. The van der Waals surface area contributed by atoms with Gasteiger partial charge in [-0.15, -0.1) is 0 Å². The van der Waals surface area contributed by atoms with Crippen molar-refractivity contribution in [2.24, 2.45) is 11.8 Å². The average molecular weight is 288 g/mol. The summed E-state index contributed by atoms with van der Waals surface area (Å²) in [5, 5.41) is 0. The molecule has 112 valence electrons. The number of hydrogen-bond acceptors (Lipinski definition) is 4. The average Bonchev–Trinajstić information content (AvgIpc) is 2.33. The fourth-order valence-electron chi connectivity index (χ4n) is 2.33. The van der Waals surface area contributed by atoms with Crippen LogP contribution in [0, 0.1) is 11.8 Å². The summed E-state index contributed by atoms with van der Waals surface area (Å²) in [6.07, 6.45) is 0. The van der Waals surface area contributed by atoms with Gasteiger partial charge in [-0.25, -0.2) is 0 Å². The quantitative estimate of drug-likeness (QED) is 0.509. The molecule has 0 radical (unpaired) electrons. The second-order valence-corrected chi connectivity index (χ2v) is 9.82. The monoisotopic (exact) mass is 288 g/mol. The minimum atomic E-state index is -2.90. The second kappa shape index (κ2) is 7.31. The van der Waals surface area contributed by atoms with E-state index in [1.165, 1.54) is 0 Å². The first-order valence-corrected chi connectivity index (χ1v) is 8.80. The van der Waals surface area contributed by atoms with E-state index >= 15 is 0 Å². The maximum Gasteiger partial charge on any atom is 0.358 e. The third-order valence-electron chi connectivity index (χ3n) is 3.55. The van der Waals surface area contributed by atoms with Crippen LogP contribution in [-0.2, 0) is 18.4 Å². The molecular weight excluding hydrogens is 260 g/mol. The van der Waals surface area contributed by atoms with Crippen LogP contribution in [0.15, 0.2) is 0 Å². The minimum Gasteiger partial charge on any atom is -0.397 e. The zero-order chi connectivity index (χ0) is 15.4. The lowest BCUT2D eigenvalue weighted by molar-refractivity contribution is -0.131. The highest BCUT2D eigenvalue weighted by atomic mass is 28.4. The van der Waals surface area contributed by atoms with Gasteiger partial charge in [-0.3, -0.25) is 9.59 Å². The minimum absolute atomic E-state index is 0.0258. The Morgan fingerprint density at radius 2 is 1.11 bits per heavy atom. The van der Waals surface area contributed by atoms with Crippen LogP contribution in [0.1, 0.15) is 41.5 Å². The molecule has 0 saturated heterocycles. The van der Waals surface area contributed by atoms with Crippen molar-refractivity contribution >= 4 is 20.1 Å². The van der Waals surface area contributed by atoms with E-state index in [2.05, 4.69) is 0 Å². The van der Waals surface area contributed by atoms with E-state index in [0.717, 1.165) is 0 Å². The van der Waals surface area contributed by atoms with Crippen molar-refractivity contribution in [3.63, 3.8) is 0 Å². The predicted molar refractivity (Wildman–Crippen MR) is 78.3 cm³/mol. The van der Waals surface area contributed by atoms with E-state index in [0.29, 0.717) is 0 Å². The van der Waals surface area contributed by atoms with E-state index in [9.17, 15) is 9.59 Å². The molecule has 0 aliphatic heterocycles. The van der Waals surface area contributed by atoms with Crippen LogP contribution >= 0.6 is 0 Å². The third kappa shape index (κ3) is 3.74. The fraction of sp³-hybridized carbons (Fsp3) is 0.857. The highest BCUT2D eigenvalue weighted by Crippen LogP contribution is 2.38. The summed E-state index contributed by atoms with van der Waals surface area (Å²) in [4.78, 5) is 25.0. The molecule has 19 heavy (non-hydrogen) atoms. The van der Waals surface area contributed by atoms with Gasteiger partial charge in [0.15, 0.2) is 0 Å². The van der Waals surface area contributed by atoms with Crippen molar-refractivity contribution in [2.75, 3.05) is 14.2 Å². The van der Waals surface area contributed by atoms with Gasteiger partial charge in [-0.1, -0.05) is 41.5 Å². The van der Waals surface area contributed by atoms with Gasteiger partial charge >= 0.3 is 8.56 Å². The molecule has 0 amide bonds. The number of hydrogen-bond donors (Lipinski definition) is 0. The number of carbonyl (C=O) groups excluding carboxylic acids is 2. The molecule has 0 N–H and O–H groups in total. The first kappa shape index (κ1) is 18.5. The Balaban J connectivity index is 5.80. The molecule has 0 aromatic carbocycles. The predicted octanol–water partition coefficient (Wildman–Crippen LogP) is 2.95. The molecule has 0 saturated carbocycles. The molecular formula is C14H28O4Si. The summed E-state index contributed by atoms with van der Waals surface area (Å²) in [6.45, 7) is 11.2. The first-order chi connectivity index (χ1) is 8.65. The highest BCUT2D eigenvalue weighted by molar-refractivity contribution is 6.78. The Morgan fingerprint density at radius 1 is 0.789 bits per heavy atom. The van der Waals surface area contributed by atoms with E-state index in [4.69, 9.17) is 8.85 Å². The third-order valence-corrected chi connectivity index (χ3v) is 7.81. The van der Waals surface area contributed by atoms with E-state index in [-0.39, 0.29) is 28.9 Å². The zero-order valence-corrected chi connectivity index (χ0v) is 14.4. The van der Waals surface area contributed by atoms with Crippen molar-refractivity contribution in [1.29, 1.82) is 0 Å². The van der Waals surface area contributed by atoms with Crippen molar-refractivity contribution < 1.29 is 18.4 Å². The molecule has 0 aromatic heterocycles. The lowest BCUT2D eigenvalue weighted by Crippen LogP contribution is -2.55. The number of rotatable bonds is 8. The molecule has 0 fully saturated rings. The molecule has 0 rings (SSSR count). The van der Waals surface area contributed by atoms with Gasteiger partial charge < -0.3 is 8.85 Å². The fourth-order valence-corrected chi connectivity index (χ4v) is 6.03. The summed E-state index contributed by atoms with van der Waals surface area (Å²) in [7, 11) is 0.190. The van der Waals surface area contributed by atoms with Crippen LogP contribution < -0.4 is 0 Å². The molecule has 0 bridgehead atoms. The topological polar surface area (TPSA) is 52.6 Å². The van der Waals surface area contributed by atoms with Gasteiger partial charge in [0.1, 0.15) is 17.1 Å². The Kier molecular flexibility index (Phi) is 7.11. The van der Waals surface area contributed by atoms with Crippen molar-refractivity contribution in [3.8, 4) is 0 Å². The zero-order valence-electron chi connectivity index (χ0n) is 13.4. The Labute approximate surface area is 118 Å². The van der Waals surface area contributed by atoms with Crippen LogP contribution in [0.4, 0.5) is 0 Å². The van der Waals surface area contributed by atoms with E-state index in [1.54, 1.807) is 14.2 Å². The maximum atomic E-state index is 12.5. The summed E-state index contributed by atoms with van der Waals surface area (Å²) in [6, 6.07) is 0. The Bertz CT molecular complexity index is 299. The Hall–Kier alpha value is -0.523. The van der Waals surface area contributed by atoms with Crippen molar-refractivity contribution in [2.45, 2.75) is 52.6 Å². The molecule has 0 unspecified atom stereocenters. The van der Waals surface area contributed by atoms with Crippen molar-refractivity contribution in [3.05, 3.63) is 0 Å². The summed E-state index contributed by atoms with van der Waals surface area (Å²) >= 11 is 0. The summed E-state index contributed by atoms with van der Waals surface area (Å²) in [5.41, 5.74) is -0.722. The van der Waals surface area contributed by atoms with Gasteiger partial charge in [-0.05, 0) is 5.54 Å². The lowest BCUT2D eigenvalue weighted by atomic mass is 9.97. The van der Waals surface area contributed by atoms with Crippen LogP contribution in [0.2, 0.25) is 11.1 Å². The van der Waals surface area contributed by atoms with E-state index in [1.807, 2.05) is 41.5 Å². The van der Waals surface area contributed by atoms with Crippen LogP contribution in [0.5, 0.6) is 0 Å². The van der Waals surface area contributed by atoms with Gasteiger partial charge in [-0.2, -0.15) is 0 Å². The maximum absolute atomic E-state index is 12.5. The number of Topliss-reactive ketones (excluding diaryl/α,β-unsaturated/α-hetero) is 2. The molecule has 0 aliphatic rings. The molecule has 0 aromatic rings. The summed E-state index contributed by atoms with van der Waals surface area (Å²) in [5.74, 6) is -0.544. The summed E-state index contributed by atoms with van der Waals surface area (Å²) < 4.78 is 11.3. The molecule has 0 heterocycles. The SMILES string of the molecule is CO[Si](OC)(C(C)C)C(C(=O)C(C)C)C(=O)C(C)C. The highest BCUT2D eigenvalue weighted by Gasteiger charge is 2.55. The van der Waals surface area contributed by atoms with Crippen molar-refractivity contribution in [1.82, 2.24) is 0 Å². The lowest BCUT2D eigenvalue weighted by Gasteiger charge is -2.37. The molecule has 0 spiro atoms. The van der Waals surface area contributed by atoms with E-state index < -0.39 is 14.1 Å². The van der Waals surface area contributed by atoms with Gasteiger partial charge in [0, 0.05) is 26.1 Å². The second-order valence-electron chi connectivity index (χ2n) is 5.83. The standard InChI is InChI=1S/C14H28O4Si/c1-9(2)12(15)14(13(16)10(3)4)19(17-7,18-8)11(5)6/h9-11,14H,1-8H3. The smallest absolute Gasteiger partial charge is 0.358 e. The number of ketones is 2. The van der Waals surface area contributed by atoms with Crippen LogP contribution in [0.25, 0.3) is 0 Å². The largest absolute Gasteiger partial charge is 0.397 e. The molecule has 0 atom stereocenters. The Morgan fingerprint density at radius 3 is 1.26 bits per heavy atom. The van der Waals surface area contributed by atoms with Gasteiger partial charge in [0.05, 0.1) is 0 Å². The van der Waals surface area contributed by atoms with Crippen LogP contribution in [-0.4, -0.2) is 34.3 Å².